The third-order valence-electron chi connectivity index (χ3n) is 11.7. The Morgan fingerprint density at radius 3 is 0.603 bits per heavy atom. The summed E-state index contributed by atoms with van der Waals surface area (Å²) in [6.07, 6.45) is 55.8. The molecule has 0 aromatic rings. The van der Waals surface area contributed by atoms with Crippen molar-refractivity contribution in [1.29, 1.82) is 0 Å². The molecule has 0 heterocycles. The molecular weight excluding hydrogens is 873 g/mol. The van der Waals surface area contributed by atoms with Crippen LogP contribution in [-0.2, 0) is 36.9 Å². The fourth-order valence-electron chi connectivity index (χ4n) is 7.62. The van der Waals surface area contributed by atoms with Crippen LogP contribution in [0.5, 0.6) is 0 Å². The predicted octanol–water partition coefficient (Wildman–Crippen LogP) is 15.5. The molecular formula is C58H98CdO4. The minimum absolute atomic E-state index is 0. The summed E-state index contributed by atoms with van der Waals surface area (Å²) in [5.41, 5.74) is 0. The summed E-state index contributed by atoms with van der Waals surface area (Å²) in [5.74, 6) is 22.7. The van der Waals surface area contributed by atoms with Crippen molar-refractivity contribution in [3.05, 3.63) is 0 Å². The number of hydrogen-bond acceptors (Lipinski definition) is 4. The number of carbonyl (C=O) groups is 2. The Bertz CT molecular complexity index is 1100. The second kappa shape index (κ2) is 62.2. The summed E-state index contributed by atoms with van der Waals surface area (Å²) in [6, 6.07) is 0. The monoisotopic (exact) mass is 973 g/mol. The topological polar surface area (TPSA) is 80.3 Å². The van der Waals surface area contributed by atoms with Gasteiger partial charge in [0.25, 0.3) is 0 Å². The van der Waals surface area contributed by atoms with Gasteiger partial charge in [0.1, 0.15) is 0 Å². The van der Waals surface area contributed by atoms with Gasteiger partial charge in [-0.05, 0) is 75.0 Å². The Balaban J connectivity index is -0.00000112. The molecule has 0 saturated carbocycles. The van der Waals surface area contributed by atoms with Crippen molar-refractivity contribution < 1.29 is 47.1 Å². The molecule has 0 fully saturated rings. The average Bonchev–Trinajstić information content (AvgIpc) is 3.26. The molecule has 0 atom stereocenters. The van der Waals surface area contributed by atoms with E-state index in [2.05, 4.69) is 61.2 Å². The fraction of sp³-hybridized carbons (Fsp3) is 0.828. The molecule has 0 aliphatic rings. The maximum atomic E-state index is 10.3. The molecule has 5 heteroatoms. The zero-order valence-corrected chi connectivity index (χ0v) is 45.9. The van der Waals surface area contributed by atoms with Crippen LogP contribution in [0.3, 0.4) is 0 Å². The van der Waals surface area contributed by atoms with Crippen LogP contribution in [0.2, 0.25) is 0 Å². The van der Waals surface area contributed by atoms with Gasteiger partial charge in [-0.3, -0.25) is 0 Å². The standard InChI is InChI=1S/2C29H50O2.Cd/c2*1-2-3-4-5-6-7-8-9-10-11-12-13-14-15-16-17-18-19-20-21-22-23-24-25-26-27-28-29(30)31;/h2*2-16,21-28H2,1H3,(H,30,31);/q;;+2/p-2. The quantitative estimate of drug-likeness (QED) is 0.0346. The Hall–Kier alpha value is -1.90. The number of hydrogen-bond donors (Lipinski definition) is 0. The molecule has 0 aliphatic carbocycles. The summed E-state index contributed by atoms with van der Waals surface area (Å²) in [6.45, 7) is 4.56. The number of carboxylic acid groups (broad SMARTS) is 2. The first-order chi connectivity index (χ1) is 30.5. The van der Waals surface area contributed by atoms with Gasteiger partial charge in [-0.15, -0.1) is 0 Å². The van der Waals surface area contributed by atoms with Gasteiger partial charge in [-0.1, -0.05) is 256 Å². The van der Waals surface area contributed by atoms with Crippen LogP contribution in [0.1, 0.15) is 309 Å². The predicted molar refractivity (Wildman–Crippen MR) is 265 cm³/mol. The fourth-order valence-corrected chi connectivity index (χ4v) is 7.62. The number of unbranched alkanes of at least 4 members (excludes halogenated alkanes) is 40. The van der Waals surface area contributed by atoms with E-state index in [1.807, 2.05) is 0 Å². The molecule has 0 amide bonds. The number of aliphatic carboxylic acids is 2. The van der Waals surface area contributed by atoms with Crippen LogP contribution in [0.4, 0.5) is 0 Å². The van der Waals surface area contributed by atoms with E-state index in [-0.39, 0.29) is 40.1 Å². The van der Waals surface area contributed by atoms with E-state index in [9.17, 15) is 19.8 Å². The van der Waals surface area contributed by atoms with Gasteiger partial charge in [-0.2, -0.15) is 0 Å². The Labute approximate surface area is 413 Å². The zero-order chi connectivity index (χ0) is 45.3. The largest absolute Gasteiger partial charge is 2.00 e. The molecule has 0 aromatic heterocycles. The van der Waals surface area contributed by atoms with E-state index in [4.69, 9.17) is 0 Å². The Morgan fingerprint density at radius 1 is 0.270 bits per heavy atom. The minimum atomic E-state index is -0.930. The van der Waals surface area contributed by atoms with Crippen LogP contribution in [0.25, 0.3) is 0 Å². The van der Waals surface area contributed by atoms with Crippen molar-refractivity contribution in [2.45, 2.75) is 309 Å². The summed E-state index contributed by atoms with van der Waals surface area (Å²) < 4.78 is 0. The first-order valence-electron chi connectivity index (χ1n) is 26.9. The zero-order valence-electron chi connectivity index (χ0n) is 41.9. The van der Waals surface area contributed by atoms with E-state index >= 15 is 0 Å². The van der Waals surface area contributed by atoms with Crippen molar-refractivity contribution in [3.8, 4) is 47.4 Å². The summed E-state index contributed by atoms with van der Waals surface area (Å²) >= 11 is 0. The molecule has 0 N–H and O–H groups in total. The average molecular weight is 972 g/mol. The minimum Gasteiger partial charge on any atom is -0.550 e. The molecule has 0 aromatic carbocycles. The van der Waals surface area contributed by atoms with Crippen molar-refractivity contribution in [2.24, 2.45) is 0 Å². The van der Waals surface area contributed by atoms with Gasteiger partial charge in [0.05, 0.1) is 0 Å². The van der Waals surface area contributed by atoms with Crippen LogP contribution in [-0.4, -0.2) is 11.9 Å². The Morgan fingerprint density at radius 2 is 0.429 bits per heavy atom. The second-order valence-corrected chi connectivity index (χ2v) is 17.9. The van der Waals surface area contributed by atoms with E-state index in [0.717, 1.165) is 77.0 Å². The van der Waals surface area contributed by atoms with Gasteiger partial charge in [0, 0.05) is 37.6 Å². The molecule has 0 rings (SSSR count). The summed E-state index contributed by atoms with van der Waals surface area (Å²) in [7, 11) is 0. The van der Waals surface area contributed by atoms with E-state index < -0.39 is 11.9 Å². The van der Waals surface area contributed by atoms with Gasteiger partial charge < -0.3 is 19.8 Å². The molecule has 4 nitrogen and oxygen atoms in total. The van der Waals surface area contributed by atoms with Gasteiger partial charge >= 0.3 is 27.3 Å². The van der Waals surface area contributed by atoms with Crippen LogP contribution >= 0.6 is 0 Å². The third-order valence-corrected chi connectivity index (χ3v) is 11.7. The number of carbonyl (C=O) groups excluding carboxylic acids is 2. The van der Waals surface area contributed by atoms with E-state index in [1.54, 1.807) is 0 Å². The SMILES string of the molecule is CCCCCCCCCCCCCCCCC#CC#CCCCCCCCCC(=O)[O-].CCCCCCCCCCCCCCCCC#CC#CCCCCCCCCC(=O)[O-].[Cd+2]. The molecule has 0 spiro atoms. The maximum absolute atomic E-state index is 10.3. The van der Waals surface area contributed by atoms with Crippen LogP contribution in [0, 0.1) is 47.4 Å². The molecule has 63 heavy (non-hydrogen) atoms. The van der Waals surface area contributed by atoms with Crippen molar-refractivity contribution in [2.75, 3.05) is 0 Å². The normalized spacial score (nSPS) is 10.1. The third kappa shape index (κ3) is 69.3. The van der Waals surface area contributed by atoms with Crippen molar-refractivity contribution in [1.82, 2.24) is 0 Å². The molecule has 0 radical (unpaired) electrons. The molecule has 0 unspecified atom stereocenters. The van der Waals surface area contributed by atoms with Gasteiger partial charge in [0.15, 0.2) is 0 Å². The van der Waals surface area contributed by atoms with Crippen molar-refractivity contribution in [3.63, 3.8) is 0 Å². The molecule has 0 bridgehead atoms. The van der Waals surface area contributed by atoms with Gasteiger partial charge in [-0.25, -0.2) is 0 Å². The first kappa shape index (κ1) is 65.4. The molecule has 0 saturated heterocycles. The summed E-state index contributed by atoms with van der Waals surface area (Å²) in [4.78, 5) is 20.6. The number of carboxylic acids is 2. The smallest absolute Gasteiger partial charge is 0.550 e. The second-order valence-electron chi connectivity index (χ2n) is 17.9. The van der Waals surface area contributed by atoms with Crippen molar-refractivity contribution >= 4 is 11.9 Å². The Kier molecular flexibility index (Phi) is 64.5. The van der Waals surface area contributed by atoms with Crippen LogP contribution < -0.4 is 10.2 Å². The van der Waals surface area contributed by atoms with Gasteiger partial charge in [0.2, 0.25) is 0 Å². The van der Waals surface area contributed by atoms with E-state index in [0.29, 0.717) is 0 Å². The molecule has 356 valence electrons. The first-order valence-corrected chi connectivity index (χ1v) is 26.9. The maximum Gasteiger partial charge on any atom is 2.00 e. The number of rotatable bonds is 44. The summed E-state index contributed by atoms with van der Waals surface area (Å²) in [5, 5.41) is 20.6. The van der Waals surface area contributed by atoms with E-state index in [1.165, 1.54) is 205 Å². The molecule has 0 aliphatic heterocycles. The van der Waals surface area contributed by atoms with Crippen LogP contribution in [0.15, 0.2) is 0 Å².